The molecule has 0 saturated carbocycles. The van der Waals surface area contributed by atoms with Gasteiger partial charge in [0.1, 0.15) is 0 Å². The maximum absolute atomic E-state index is 12.3. The molecular formula is C20H31N3O2. The van der Waals surface area contributed by atoms with Crippen molar-refractivity contribution < 1.29 is 9.90 Å². The van der Waals surface area contributed by atoms with E-state index in [0.29, 0.717) is 6.54 Å². The van der Waals surface area contributed by atoms with Crippen LogP contribution in [0.4, 0.5) is 0 Å². The summed E-state index contributed by atoms with van der Waals surface area (Å²) in [6.07, 6.45) is 4.67. The van der Waals surface area contributed by atoms with Gasteiger partial charge in [-0.05, 0) is 44.2 Å². The third-order valence-corrected chi connectivity index (χ3v) is 5.35. The van der Waals surface area contributed by atoms with Gasteiger partial charge in [0.05, 0.1) is 12.6 Å². The summed E-state index contributed by atoms with van der Waals surface area (Å²) < 4.78 is 0. The first-order valence-electron chi connectivity index (χ1n) is 9.65. The highest BCUT2D eigenvalue weighted by molar-refractivity contribution is 5.78. The summed E-state index contributed by atoms with van der Waals surface area (Å²) in [5, 5.41) is 12.8. The Bertz CT molecular complexity index is 529. The molecule has 1 unspecified atom stereocenters. The monoisotopic (exact) mass is 345 g/mol. The number of nitrogens with zero attached hydrogens (tertiary/aromatic N) is 2. The van der Waals surface area contributed by atoms with Crippen LogP contribution in [0.15, 0.2) is 30.3 Å². The summed E-state index contributed by atoms with van der Waals surface area (Å²) in [5.41, 5.74) is 1.38. The molecule has 3 rings (SSSR count). The Morgan fingerprint density at radius 3 is 2.60 bits per heavy atom. The first-order valence-corrected chi connectivity index (χ1v) is 9.65. The lowest BCUT2D eigenvalue weighted by molar-refractivity contribution is -0.123. The smallest absolute Gasteiger partial charge is 0.234 e. The van der Waals surface area contributed by atoms with Gasteiger partial charge in [-0.2, -0.15) is 0 Å². The number of aliphatic hydroxyl groups excluding tert-OH is 1. The minimum absolute atomic E-state index is 0.131. The number of piperidine rings is 2. The quantitative estimate of drug-likeness (QED) is 0.815. The summed E-state index contributed by atoms with van der Waals surface area (Å²) >= 11 is 0. The predicted octanol–water partition coefficient (Wildman–Crippen LogP) is 1.27. The Hall–Kier alpha value is -1.43. The standard InChI is InChI=1S/C20H31N3O2/c24-19-9-13-23(14-10-19)16-20(25)21-18-7-4-11-22(15-18)12-8-17-5-2-1-3-6-17/h1-3,5-6,18-19,24H,4,7-16H2,(H,21,25). The number of amides is 1. The van der Waals surface area contributed by atoms with Crippen molar-refractivity contribution in [3.05, 3.63) is 35.9 Å². The molecule has 0 spiro atoms. The van der Waals surface area contributed by atoms with Crippen molar-refractivity contribution in [3.8, 4) is 0 Å². The van der Waals surface area contributed by atoms with E-state index in [-0.39, 0.29) is 18.1 Å². The fourth-order valence-corrected chi connectivity index (χ4v) is 3.86. The van der Waals surface area contributed by atoms with E-state index in [1.54, 1.807) is 0 Å². The van der Waals surface area contributed by atoms with Crippen LogP contribution in [-0.2, 0) is 11.2 Å². The molecule has 2 fully saturated rings. The number of rotatable bonds is 6. The van der Waals surface area contributed by atoms with Gasteiger partial charge >= 0.3 is 0 Å². The first kappa shape index (κ1) is 18.4. The summed E-state index contributed by atoms with van der Waals surface area (Å²) in [6.45, 7) is 5.25. The number of carbonyl (C=O) groups excluding carboxylic acids is 1. The number of hydrogen-bond acceptors (Lipinski definition) is 4. The van der Waals surface area contributed by atoms with Gasteiger partial charge in [-0.25, -0.2) is 0 Å². The van der Waals surface area contributed by atoms with E-state index >= 15 is 0 Å². The third kappa shape index (κ3) is 6.10. The van der Waals surface area contributed by atoms with Gasteiger partial charge in [-0.1, -0.05) is 30.3 Å². The molecule has 2 saturated heterocycles. The van der Waals surface area contributed by atoms with Gasteiger partial charge in [-0.3, -0.25) is 9.69 Å². The third-order valence-electron chi connectivity index (χ3n) is 5.35. The van der Waals surface area contributed by atoms with Crippen LogP contribution in [0.3, 0.4) is 0 Å². The number of carbonyl (C=O) groups is 1. The topological polar surface area (TPSA) is 55.8 Å². The summed E-state index contributed by atoms with van der Waals surface area (Å²) in [4.78, 5) is 16.9. The van der Waals surface area contributed by atoms with Gasteiger partial charge in [0.2, 0.25) is 5.91 Å². The van der Waals surface area contributed by atoms with Crippen LogP contribution in [0.2, 0.25) is 0 Å². The fraction of sp³-hybridized carbons (Fsp3) is 0.650. The molecule has 2 aliphatic rings. The number of aliphatic hydroxyl groups is 1. The van der Waals surface area contributed by atoms with Crippen molar-refractivity contribution in [2.45, 2.75) is 44.2 Å². The van der Waals surface area contributed by atoms with Gasteiger partial charge in [0.25, 0.3) is 0 Å². The Morgan fingerprint density at radius 1 is 1.08 bits per heavy atom. The highest BCUT2D eigenvalue weighted by Crippen LogP contribution is 2.12. The van der Waals surface area contributed by atoms with Crippen molar-refractivity contribution in [2.24, 2.45) is 0 Å². The molecule has 1 amide bonds. The van der Waals surface area contributed by atoms with Gasteiger partial charge in [0.15, 0.2) is 0 Å². The fourth-order valence-electron chi connectivity index (χ4n) is 3.86. The Morgan fingerprint density at radius 2 is 1.84 bits per heavy atom. The molecule has 2 aliphatic heterocycles. The average Bonchev–Trinajstić information content (AvgIpc) is 2.63. The van der Waals surface area contributed by atoms with Gasteiger partial charge < -0.3 is 15.3 Å². The SMILES string of the molecule is O=C(CN1CCC(O)CC1)NC1CCCN(CCc2ccccc2)C1. The van der Waals surface area contributed by atoms with Crippen LogP contribution in [0.25, 0.3) is 0 Å². The van der Waals surface area contributed by atoms with Crippen LogP contribution in [-0.4, -0.2) is 72.2 Å². The van der Waals surface area contributed by atoms with Crippen LogP contribution in [0.5, 0.6) is 0 Å². The molecule has 1 atom stereocenters. The largest absolute Gasteiger partial charge is 0.393 e. The van der Waals surface area contributed by atoms with Gasteiger partial charge in [-0.15, -0.1) is 0 Å². The van der Waals surface area contributed by atoms with Crippen molar-refractivity contribution in [3.63, 3.8) is 0 Å². The summed E-state index contributed by atoms with van der Waals surface area (Å²) in [7, 11) is 0. The molecule has 138 valence electrons. The van der Waals surface area contributed by atoms with E-state index in [1.165, 1.54) is 5.56 Å². The number of nitrogens with one attached hydrogen (secondary N) is 1. The van der Waals surface area contributed by atoms with Crippen LogP contribution < -0.4 is 5.32 Å². The highest BCUT2D eigenvalue weighted by atomic mass is 16.3. The Kier molecular flexibility index (Phi) is 6.84. The first-order chi connectivity index (χ1) is 12.2. The average molecular weight is 345 g/mol. The molecule has 0 aromatic heterocycles. The van der Waals surface area contributed by atoms with E-state index in [0.717, 1.165) is 64.8 Å². The molecule has 1 aromatic rings. The van der Waals surface area contributed by atoms with Crippen molar-refractivity contribution >= 4 is 5.91 Å². The minimum Gasteiger partial charge on any atom is -0.393 e. The molecular weight excluding hydrogens is 314 g/mol. The second kappa shape index (κ2) is 9.32. The van der Waals surface area contributed by atoms with E-state index in [4.69, 9.17) is 0 Å². The summed E-state index contributed by atoms with van der Waals surface area (Å²) in [6, 6.07) is 10.9. The number of benzene rings is 1. The normalized spacial score (nSPS) is 23.5. The zero-order valence-electron chi connectivity index (χ0n) is 15.1. The molecule has 2 heterocycles. The predicted molar refractivity (Wildman–Crippen MR) is 99.4 cm³/mol. The zero-order valence-corrected chi connectivity index (χ0v) is 15.1. The lowest BCUT2D eigenvalue weighted by atomic mass is 10.0. The van der Waals surface area contributed by atoms with E-state index in [1.807, 2.05) is 0 Å². The molecule has 5 nitrogen and oxygen atoms in total. The lowest BCUT2D eigenvalue weighted by Crippen LogP contribution is -2.51. The zero-order chi connectivity index (χ0) is 17.5. The second-order valence-corrected chi connectivity index (χ2v) is 7.45. The van der Waals surface area contributed by atoms with Crippen molar-refractivity contribution in [1.29, 1.82) is 0 Å². The van der Waals surface area contributed by atoms with E-state index < -0.39 is 0 Å². The van der Waals surface area contributed by atoms with Crippen LogP contribution >= 0.6 is 0 Å². The molecule has 5 heteroatoms. The molecule has 2 N–H and O–H groups in total. The maximum atomic E-state index is 12.3. The Balaban J connectivity index is 1.38. The number of likely N-dealkylation sites (tertiary alicyclic amines) is 2. The molecule has 25 heavy (non-hydrogen) atoms. The van der Waals surface area contributed by atoms with Crippen LogP contribution in [0.1, 0.15) is 31.2 Å². The highest BCUT2D eigenvalue weighted by Gasteiger charge is 2.23. The van der Waals surface area contributed by atoms with Gasteiger partial charge in [0, 0.05) is 32.2 Å². The Labute approximate surface area is 151 Å². The lowest BCUT2D eigenvalue weighted by Gasteiger charge is -2.34. The van der Waals surface area contributed by atoms with Crippen molar-refractivity contribution in [1.82, 2.24) is 15.1 Å². The van der Waals surface area contributed by atoms with E-state index in [2.05, 4.69) is 45.4 Å². The molecule has 1 aromatic carbocycles. The van der Waals surface area contributed by atoms with Crippen LogP contribution in [0, 0.1) is 0 Å². The number of hydrogen-bond donors (Lipinski definition) is 2. The van der Waals surface area contributed by atoms with Crippen molar-refractivity contribution in [2.75, 3.05) is 39.3 Å². The molecule has 0 radical (unpaired) electrons. The van der Waals surface area contributed by atoms with E-state index in [9.17, 15) is 9.90 Å². The molecule has 0 bridgehead atoms. The summed E-state index contributed by atoms with van der Waals surface area (Å²) in [5.74, 6) is 0.131. The minimum atomic E-state index is -0.184. The maximum Gasteiger partial charge on any atom is 0.234 e. The molecule has 0 aliphatic carbocycles. The second-order valence-electron chi connectivity index (χ2n) is 7.45.